The molecular weight excluding hydrogens is 287 g/mol. The monoisotopic (exact) mass is 300 g/mol. The maximum atomic E-state index is 12.7. The Hall–Kier alpha value is -0.970. The normalized spacial score (nSPS) is 24.8. The fraction of sp³-hybridized carbons (Fsp3) is 0.500. The smallest absolute Gasteiger partial charge is 0.272 e. The number of carbonyl (C=O) groups is 1. The van der Waals surface area contributed by atoms with Crippen LogP contribution in [0.2, 0.25) is 0 Å². The van der Waals surface area contributed by atoms with Crippen LogP contribution in [0.25, 0.3) is 0 Å². The third-order valence-corrected chi connectivity index (χ3v) is 4.39. The van der Waals surface area contributed by atoms with Crippen molar-refractivity contribution >= 4 is 21.8 Å². The van der Waals surface area contributed by atoms with E-state index in [0.29, 0.717) is 23.0 Å². The van der Waals surface area contributed by atoms with E-state index < -0.39 is 5.82 Å². The molecule has 2 unspecified atom stereocenters. The molecule has 2 rings (SSSR count). The van der Waals surface area contributed by atoms with E-state index in [1.54, 1.807) is 4.90 Å². The van der Waals surface area contributed by atoms with Gasteiger partial charge < -0.3 is 4.90 Å². The summed E-state index contributed by atoms with van der Waals surface area (Å²) >= 11 is 3.59. The maximum absolute atomic E-state index is 12.7. The Balaban J connectivity index is 2.08. The zero-order valence-electron chi connectivity index (χ0n) is 9.57. The Morgan fingerprint density at radius 2 is 2.35 bits per heavy atom. The highest BCUT2D eigenvalue weighted by Gasteiger charge is 2.27. The first kappa shape index (κ1) is 12.5. The molecule has 1 aliphatic rings. The molecule has 1 aromatic rings. The Kier molecular flexibility index (Phi) is 3.76. The first-order valence-electron chi connectivity index (χ1n) is 5.63. The van der Waals surface area contributed by atoms with Gasteiger partial charge in [-0.3, -0.25) is 4.79 Å². The third-order valence-electron chi connectivity index (χ3n) is 3.03. The van der Waals surface area contributed by atoms with Gasteiger partial charge in [0.2, 0.25) is 0 Å². The van der Waals surface area contributed by atoms with Gasteiger partial charge in [0.1, 0.15) is 11.5 Å². The van der Waals surface area contributed by atoms with Gasteiger partial charge in [-0.05, 0) is 24.5 Å². The number of hydrogen-bond donors (Lipinski definition) is 0. The zero-order valence-corrected chi connectivity index (χ0v) is 11.2. The van der Waals surface area contributed by atoms with Crippen molar-refractivity contribution in [2.75, 3.05) is 13.1 Å². The number of piperidine rings is 1. The van der Waals surface area contributed by atoms with Crippen LogP contribution in [0.4, 0.5) is 4.39 Å². The summed E-state index contributed by atoms with van der Waals surface area (Å²) < 4.78 is 12.7. The van der Waals surface area contributed by atoms with E-state index in [1.165, 1.54) is 12.1 Å². The highest BCUT2D eigenvalue weighted by Crippen LogP contribution is 2.24. The molecule has 2 atom stereocenters. The molecular formula is C12H14BrFN2O. The number of likely N-dealkylation sites (tertiary alicyclic amines) is 1. The van der Waals surface area contributed by atoms with Crippen molar-refractivity contribution in [3.05, 3.63) is 29.8 Å². The minimum absolute atomic E-state index is 0.115. The van der Waals surface area contributed by atoms with Crippen LogP contribution in [-0.4, -0.2) is 33.7 Å². The van der Waals surface area contributed by atoms with Crippen LogP contribution in [0.3, 0.4) is 0 Å². The van der Waals surface area contributed by atoms with E-state index in [4.69, 9.17) is 0 Å². The van der Waals surface area contributed by atoms with E-state index in [9.17, 15) is 9.18 Å². The number of pyridine rings is 1. The van der Waals surface area contributed by atoms with Crippen LogP contribution < -0.4 is 0 Å². The van der Waals surface area contributed by atoms with Gasteiger partial charge in [-0.2, -0.15) is 0 Å². The third kappa shape index (κ3) is 2.83. The van der Waals surface area contributed by atoms with Gasteiger partial charge in [0.05, 0.1) is 6.20 Å². The van der Waals surface area contributed by atoms with Crippen LogP contribution in [0, 0.1) is 11.7 Å². The largest absolute Gasteiger partial charge is 0.337 e. The second-order valence-electron chi connectivity index (χ2n) is 4.39. The molecule has 0 N–H and O–H groups in total. The van der Waals surface area contributed by atoms with E-state index in [1.807, 2.05) is 0 Å². The maximum Gasteiger partial charge on any atom is 0.272 e. The van der Waals surface area contributed by atoms with E-state index in [-0.39, 0.29) is 5.91 Å². The fourth-order valence-corrected chi connectivity index (χ4v) is 2.34. The minimum Gasteiger partial charge on any atom is -0.337 e. The van der Waals surface area contributed by atoms with Gasteiger partial charge in [0, 0.05) is 17.9 Å². The molecule has 0 spiro atoms. The predicted molar refractivity (Wildman–Crippen MR) is 66.6 cm³/mol. The van der Waals surface area contributed by atoms with Crippen molar-refractivity contribution in [2.45, 2.75) is 18.2 Å². The molecule has 1 fully saturated rings. The van der Waals surface area contributed by atoms with Crippen LogP contribution in [-0.2, 0) is 0 Å². The lowest BCUT2D eigenvalue weighted by atomic mass is 10.00. The quantitative estimate of drug-likeness (QED) is 0.747. The summed E-state index contributed by atoms with van der Waals surface area (Å²) in [7, 11) is 0. The molecule has 1 aromatic heterocycles. The number of alkyl halides is 1. The van der Waals surface area contributed by atoms with Crippen LogP contribution in [0.1, 0.15) is 23.8 Å². The molecule has 0 bridgehead atoms. The molecule has 17 heavy (non-hydrogen) atoms. The molecule has 0 saturated carbocycles. The molecule has 2 heterocycles. The second kappa shape index (κ2) is 5.12. The zero-order chi connectivity index (χ0) is 12.4. The summed E-state index contributed by atoms with van der Waals surface area (Å²) in [6, 6.07) is 2.70. The first-order chi connectivity index (χ1) is 8.08. The second-order valence-corrected chi connectivity index (χ2v) is 5.57. The molecule has 0 radical (unpaired) electrons. The van der Waals surface area contributed by atoms with E-state index >= 15 is 0 Å². The molecule has 5 heteroatoms. The number of hydrogen-bond acceptors (Lipinski definition) is 2. The molecule has 1 amide bonds. The van der Waals surface area contributed by atoms with Crippen LogP contribution in [0.15, 0.2) is 18.3 Å². The topological polar surface area (TPSA) is 33.2 Å². The lowest BCUT2D eigenvalue weighted by molar-refractivity contribution is 0.0684. The summed E-state index contributed by atoms with van der Waals surface area (Å²) in [6.45, 7) is 3.54. The highest BCUT2D eigenvalue weighted by atomic mass is 79.9. The minimum atomic E-state index is -0.422. The number of rotatable bonds is 1. The van der Waals surface area contributed by atoms with Gasteiger partial charge in [-0.25, -0.2) is 9.37 Å². The summed E-state index contributed by atoms with van der Waals surface area (Å²) in [5, 5.41) is 0. The summed E-state index contributed by atoms with van der Waals surface area (Å²) in [4.78, 5) is 18.2. The Bertz CT molecular complexity index is 409. The standard InChI is InChI=1S/C12H14BrFN2O/c1-8-7-16(5-4-10(8)13)12(17)11-3-2-9(14)6-15-11/h2-3,6,8,10H,4-5,7H2,1H3. The Morgan fingerprint density at radius 1 is 1.59 bits per heavy atom. The molecule has 0 aromatic carbocycles. The summed E-state index contributed by atoms with van der Waals surface area (Å²) in [6.07, 6.45) is 2.02. The molecule has 1 aliphatic heterocycles. The highest BCUT2D eigenvalue weighted by molar-refractivity contribution is 9.09. The predicted octanol–water partition coefficient (Wildman–Crippen LogP) is 2.47. The van der Waals surface area contributed by atoms with Crippen molar-refractivity contribution < 1.29 is 9.18 Å². The van der Waals surface area contributed by atoms with Gasteiger partial charge in [-0.15, -0.1) is 0 Å². The number of amides is 1. The number of nitrogens with zero attached hydrogens (tertiary/aromatic N) is 2. The number of aromatic nitrogens is 1. The van der Waals surface area contributed by atoms with E-state index in [0.717, 1.165) is 19.2 Å². The Morgan fingerprint density at radius 3 is 2.94 bits per heavy atom. The summed E-state index contributed by atoms with van der Waals surface area (Å²) in [5.41, 5.74) is 0.312. The van der Waals surface area contributed by atoms with E-state index in [2.05, 4.69) is 27.8 Å². The number of halogens is 2. The average molecular weight is 301 g/mol. The molecule has 0 aliphatic carbocycles. The SMILES string of the molecule is CC1CN(C(=O)c2ccc(F)cn2)CCC1Br. The molecule has 92 valence electrons. The van der Waals surface area contributed by atoms with Crippen molar-refractivity contribution in [1.29, 1.82) is 0 Å². The fourth-order valence-electron chi connectivity index (χ4n) is 1.97. The average Bonchev–Trinajstić information content (AvgIpc) is 2.33. The lowest BCUT2D eigenvalue weighted by Gasteiger charge is -2.34. The molecule has 1 saturated heterocycles. The van der Waals surface area contributed by atoms with Crippen molar-refractivity contribution in [3.63, 3.8) is 0 Å². The van der Waals surface area contributed by atoms with Crippen molar-refractivity contribution in [3.8, 4) is 0 Å². The van der Waals surface area contributed by atoms with Crippen molar-refractivity contribution in [1.82, 2.24) is 9.88 Å². The van der Waals surface area contributed by atoms with Gasteiger partial charge in [0.15, 0.2) is 0 Å². The van der Waals surface area contributed by atoms with Gasteiger partial charge in [0.25, 0.3) is 5.91 Å². The number of carbonyl (C=O) groups excluding carboxylic acids is 1. The van der Waals surface area contributed by atoms with Crippen LogP contribution in [0.5, 0.6) is 0 Å². The molecule has 3 nitrogen and oxygen atoms in total. The Labute approximate surface area is 108 Å². The lowest BCUT2D eigenvalue weighted by Crippen LogP contribution is -2.43. The first-order valence-corrected chi connectivity index (χ1v) is 6.54. The van der Waals surface area contributed by atoms with Crippen LogP contribution >= 0.6 is 15.9 Å². The van der Waals surface area contributed by atoms with Crippen molar-refractivity contribution in [2.24, 2.45) is 5.92 Å². The van der Waals surface area contributed by atoms with Gasteiger partial charge >= 0.3 is 0 Å². The summed E-state index contributed by atoms with van der Waals surface area (Å²) in [5.74, 6) is -0.113. The van der Waals surface area contributed by atoms with Gasteiger partial charge in [-0.1, -0.05) is 22.9 Å².